The van der Waals surface area contributed by atoms with E-state index in [4.69, 9.17) is 16.1 Å². The molecule has 0 aliphatic carbocycles. The largest absolute Gasteiger partial charge is 0.389 e. The minimum Gasteiger partial charge on any atom is -0.389 e. The molecule has 0 amide bonds. The van der Waals surface area contributed by atoms with Crippen molar-refractivity contribution in [3.8, 4) is 22.8 Å². The highest BCUT2D eigenvalue weighted by atomic mass is 35.5. The van der Waals surface area contributed by atoms with Crippen LogP contribution in [0.5, 0.6) is 0 Å². The third-order valence-electron chi connectivity index (χ3n) is 3.95. The van der Waals surface area contributed by atoms with Gasteiger partial charge in [0.15, 0.2) is 0 Å². The van der Waals surface area contributed by atoms with Crippen molar-refractivity contribution in [1.82, 2.24) is 15.7 Å². The lowest BCUT2D eigenvalue weighted by atomic mass is 10.1. The molecule has 134 valence electrons. The second-order valence-corrected chi connectivity index (χ2v) is 7.18. The summed E-state index contributed by atoms with van der Waals surface area (Å²) in [5, 5.41) is 16.5. The van der Waals surface area contributed by atoms with Crippen LogP contribution in [0.15, 0.2) is 47.0 Å². The van der Waals surface area contributed by atoms with E-state index in [0.29, 0.717) is 28.8 Å². The molecule has 0 bridgehead atoms. The van der Waals surface area contributed by atoms with Crippen LogP contribution < -0.4 is 16.0 Å². The molecule has 0 spiro atoms. The van der Waals surface area contributed by atoms with Crippen LogP contribution >= 0.6 is 11.6 Å². The van der Waals surface area contributed by atoms with Gasteiger partial charge >= 0.3 is 0 Å². The fraction of sp³-hybridized carbons (Fsp3) is 0.222. The van der Waals surface area contributed by atoms with Crippen LogP contribution in [-0.2, 0) is 0 Å². The molecule has 3 aromatic rings. The molecule has 2 heterocycles. The first-order chi connectivity index (χ1) is 12.4. The molecular formula is C18H18ClN5O2. The first-order valence-corrected chi connectivity index (χ1v) is 8.53. The van der Waals surface area contributed by atoms with Crippen molar-refractivity contribution in [1.29, 1.82) is 0 Å². The van der Waals surface area contributed by atoms with Crippen LogP contribution in [0.1, 0.15) is 13.8 Å². The number of nitrogens with zero attached hydrogens (tertiary/aromatic N) is 3. The molecule has 4 rings (SSSR count). The molecule has 1 aliphatic heterocycles. The van der Waals surface area contributed by atoms with E-state index >= 15 is 0 Å². The van der Waals surface area contributed by atoms with Crippen molar-refractivity contribution < 1.29 is 9.63 Å². The molecule has 0 saturated carbocycles. The Morgan fingerprint density at radius 3 is 2.81 bits per heavy atom. The number of hydrogen-bond acceptors (Lipinski definition) is 7. The number of halogens is 1. The van der Waals surface area contributed by atoms with E-state index in [-0.39, 0.29) is 0 Å². The van der Waals surface area contributed by atoms with E-state index in [9.17, 15) is 5.11 Å². The Labute approximate surface area is 155 Å². The van der Waals surface area contributed by atoms with Crippen LogP contribution in [0, 0.1) is 0 Å². The first kappa shape index (κ1) is 16.8. The predicted molar refractivity (Wildman–Crippen MR) is 101 cm³/mol. The van der Waals surface area contributed by atoms with Gasteiger partial charge in [-0.3, -0.25) is 5.01 Å². The fourth-order valence-electron chi connectivity index (χ4n) is 2.79. The normalized spacial score (nSPS) is 13.6. The highest BCUT2D eigenvalue weighted by Gasteiger charge is 2.25. The number of benzene rings is 2. The van der Waals surface area contributed by atoms with Crippen molar-refractivity contribution in [3.63, 3.8) is 0 Å². The average Bonchev–Trinajstić information content (AvgIpc) is 3.21. The molecule has 26 heavy (non-hydrogen) atoms. The molecule has 0 atom stereocenters. The summed E-state index contributed by atoms with van der Waals surface area (Å²) in [6, 6.07) is 13.1. The number of aromatic nitrogens is 2. The molecule has 8 heteroatoms. The lowest BCUT2D eigenvalue weighted by molar-refractivity contribution is 0.0858. The lowest BCUT2D eigenvalue weighted by Crippen LogP contribution is -2.45. The van der Waals surface area contributed by atoms with E-state index in [1.54, 1.807) is 19.9 Å². The molecule has 3 N–H and O–H groups in total. The molecule has 7 nitrogen and oxygen atoms in total. The van der Waals surface area contributed by atoms with E-state index in [0.717, 1.165) is 16.9 Å². The van der Waals surface area contributed by atoms with E-state index in [2.05, 4.69) is 21.1 Å². The van der Waals surface area contributed by atoms with Gasteiger partial charge in [-0.05, 0) is 44.2 Å². The van der Waals surface area contributed by atoms with Crippen LogP contribution in [0.2, 0.25) is 5.02 Å². The molecule has 0 saturated heterocycles. The topological polar surface area (TPSA) is 86.5 Å². The standard InChI is InChI=1S/C18H18ClN5O2/c1-18(2,25)10-24-15-8-7-11(9-14(15)21-23-24)16-20-17(26-22-16)12-5-3-4-6-13(12)19/h3-9,21,23,25H,10H2,1-2H3. The molecule has 2 aromatic carbocycles. The predicted octanol–water partition coefficient (Wildman–Crippen LogP) is 3.48. The van der Waals surface area contributed by atoms with Crippen LogP contribution in [0.3, 0.4) is 0 Å². The maximum atomic E-state index is 10.0. The number of hydrogen-bond donors (Lipinski definition) is 3. The SMILES string of the molecule is CC(C)(O)CN1NNc2cc(-c3noc(-c4ccccc4Cl)n3)ccc21. The molecule has 0 unspecified atom stereocenters. The monoisotopic (exact) mass is 371 g/mol. The second-order valence-electron chi connectivity index (χ2n) is 6.77. The second kappa shape index (κ2) is 6.28. The Hall–Kier alpha value is -2.61. The van der Waals surface area contributed by atoms with E-state index in [1.807, 2.05) is 41.4 Å². The summed E-state index contributed by atoms with van der Waals surface area (Å²) >= 11 is 6.19. The fourth-order valence-corrected chi connectivity index (χ4v) is 3.01. The number of β-amino-alcohol motifs (C(OH)–C–C–N with tert-alkyl or cyclic N) is 1. The Balaban J connectivity index is 1.62. The Morgan fingerprint density at radius 1 is 1.23 bits per heavy atom. The molecule has 1 aliphatic rings. The van der Waals surface area contributed by atoms with Gasteiger partial charge in [-0.15, -0.1) is 5.53 Å². The summed E-state index contributed by atoms with van der Waals surface area (Å²) in [6.07, 6.45) is 0. The maximum Gasteiger partial charge on any atom is 0.259 e. The molecule has 1 aromatic heterocycles. The molecule has 0 fully saturated rings. The Bertz CT molecular complexity index is 951. The summed E-state index contributed by atoms with van der Waals surface area (Å²) < 4.78 is 5.37. The van der Waals surface area contributed by atoms with E-state index in [1.165, 1.54) is 0 Å². The number of fused-ring (bicyclic) bond motifs is 1. The van der Waals surface area contributed by atoms with Gasteiger partial charge in [0.1, 0.15) is 0 Å². The zero-order chi connectivity index (χ0) is 18.3. The minimum atomic E-state index is -0.827. The summed E-state index contributed by atoms with van der Waals surface area (Å²) in [4.78, 5) is 4.45. The van der Waals surface area contributed by atoms with Gasteiger partial charge in [0.2, 0.25) is 5.82 Å². The van der Waals surface area contributed by atoms with Gasteiger partial charge in [0.25, 0.3) is 5.89 Å². The van der Waals surface area contributed by atoms with Crippen molar-refractivity contribution in [2.24, 2.45) is 0 Å². The summed E-state index contributed by atoms with van der Waals surface area (Å²) in [7, 11) is 0. The zero-order valence-electron chi connectivity index (χ0n) is 14.3. The number of aliphatic hydroxyl groups is 1. The smallest absolute Gasteiger partial charge is 0.259 e. The number of hydrazine groups is 2. The quantitative estimate of drug-likeness (QED) is 0.647. The van der Waals surface area contributed by atoms with Crippen molar-refractivity contribution in [2.75, 3.05) is 17.0 Å². The molecule has 0 radical (unpaired) electrons. The maximum absolute atomic E-state index is 10.0. The van der Waals surface area contributed by atoms with E-state index < -0.39 is 5.60 Å². The molecular weight excluding hydrogens is 354 g/mol. The van der Waals surface area contributed by atoms with Gasteiger partial charge < -0.3 is 15.1 Å². The van der Waals surface area contributed by atoms with Crippen molar-refractivity contribution in [2.45, 2.75) is 19.4 Å². The Kier molecular flexibility index (Phi) is 4.07. The third-order valence-corrected chi connectivity index (χ3v) is 4.28. The van der Waals surface area contributed by atoms with Gasteiger partial charge in [0, 0.05) is 5.56 Å². The zero-order valence-corrected chi connectivity index (χ0v) is 15.1. The number of anilines is 2. The summed E-state index contributed by atoms with van der Waals surface area (Å²) in [6.45, 7) is 3.96. The van der Waals surface area contributed by atoms with Gasteiger partial charge in [-0.1, -0.05) is 28.9 Å². The third kappa shape index (κ3) is 3.24. The van der Waals surface area contributed by atoms with Crippen LogP contribution in [0.25, 0.3) is 22.8 Å². The van der Waals surface area contributed by atoms with Crippen LogP contribution in [-0.4, -0.2) is 27.4 Å². The number of nitrogens with one attached hydrogen (secondary N) is 2. The average molecular weight is 372 g/mol. The van der Waals surface area contributed by atoms with Gasteiger partial charge in [-0.2, -0.15) is 4.98 Å². The minimum absolute atomic E-state index is 0.376. The van der Waals surface area contributed by atoms with Gasteiger partial charge in [0.05, 0.1) is 34.1 Å². The first-order valence-electron chi connectivity index (χ1n) is 8.15. The lowest BCUT2D eigenvalue weighted by Gasteiger charge is -2.26. The Morgan fingerprint density at radius 2 is 2.04 bits per heavy atom. The highest BCUT2D eigenvalue weighted by Crippen LogP contribution is 2.34. The van der Waals surface area contributed by atoms with Crippen LogP contribution in [0.4, 0.5) is 11.4 Å². The number of rotatable bonds is 4. The summed E-state index contributed by atoms with van der Waals surface area (Å²) in [5.74, 6) is 0.853. The van der Waals surface area contributed by atoms with Crippen molar-refractivity contribution in [3.05, 3.63) is 47.5 Å². The summed E-state index contributed by atoms with van der Waals surface area (Å²) in [5.41, 5.74) is 8.62. The highest BCUT2D eigenvalue weighted by molar-refractivity contribution is 6.33. The van der Waals surface area contributed by atoms with Crippen molar-refractivity contribution >= 4 is 23.0 Å². The van der Waals surface area contributed by atoms with Gasteiger partial charge in [-0.25, -0.2) is 0 Å².